The third-order valence-electron chi connectivity index (χ3n) is 6.51. The van der Waals surface area contributed by atoms with Crippen LogP contribution in [0, 0.1) is 11.3 Å². The molecule has 0 unspecified atom stereocenters. The second-order valence-electron chi connectivity index (χ2n) is 11.2. The number of benzene rings is 2. The zero-order valence-corrected chi connectivity index (χ0v) is 25.4. The van der Waals surface area contributed by atoms with Crippen LogP contribution in [0.2, 0.25) is 0 Å². The molecule has 1 fully saturated rings. The van der Waals surface area contributed by atoms with E-state index in [9.17, 15) is 23.6 Å². The molecule has 0 saturated carbocycles. The van der Waals surface area contributed by atoms with Crippen molar-refractivity contribution in [2.24, 2.45) is 0 Å². The lowest BCUT2D eigenvalue weighted by atomic mass is 10.0. The molecular formula is C30H31F2N5O5S. The Balaban J connectivity index is 1.66. The fraction of sp³-hybridized carbons (Fsp3) is 0.400. The van der Waals surface area contributed by atoms with Crippen LogP contribution in [0.4, 0.5) is 25.0 Å². The van der Waals surface area contributed by atoms with Gasteiger partial charge in [-0.1, -0.05) is 6.92 Å². The fourth-order valence-corrected chi connectivity index (χ4v) is 5.03. The Morgan fingerprint density at radius 3 is 2.44 bits per heavy atom. The molecule has 1 aromatic heterocycles. The number of hydrogen-bond acceptors (Lipinski definition) is 9. The average Bonchev–Trinajstić information content (AvgIpc) is 3.11. The van der Waals surface area contributed by atoms with Crippen molar-refractivity contribution < 1.29 is 32.6 Å². The lowest BCUT2D eigenvalue weighted by Crippen LogP contribution is -2.44. The second-order valence-corrected chi connectivity index (χ2v) is 11.5. The predicted molar refractivity (Wildman–Crippen MR) is 159 cm³/mol. The van der Waals surface area contributed by atoms with Crippen molar-refractivity contribution in [3.8, 4) is 11.9 Å². The molecule has 1 aliphatic rings. The Labute approximate surface area is 253 Å². The third-order valence-corrected chi connectivity index (χ3v) is 6.88. The van der Waals surface area contributed by atoms with Gasteiger partial charge in [0.1, 0.15) is 30.2 Å². The van der Waals surface area contributed by atoms with Gasteiger partial charge in [0.25, 0.3) is 12.3 Å². The second kappa shape index (κ2) is 12.0. The Bertz CT molecular complexity index is 1630. The third kappa shape index (κ3) is 6.49. The zero-order valence-electron chi connectivity index (χ0n) is 24.6. The van der Waals surface area contributed by atoms with Gasteiger partial charge in [0.15, 0.2) is 5.11 Å². The van der Waals surface area contributed by atoms with Crippen LogP contribution in [0.25, 0.3) is 10.9 Å². The van der Waals surface area contributed by atoms with E-state index in [4.69, 9.17) is 26.4 Å². The quantitative estimate of drug-likeness (QED) is 0.164. The number of carbonyl (C=O) groups excluding carboxylic acids is 2. The molecule has 0 aliphatic carbocycles. The molecule has 0 bridgehead atoms. The minimum atomic E-state index is -2.91. The number of aryl methyl sites for hydroxylation is 1. The topological polar surface area (TPSA) is 118 Å². The fourth-order valence-electron chi connectivity index (χ4n) is 4.51. The largest absolute Gasteiger partial charge is 0.508 e. The monoisotopic (exact) mass is 611 g/mol. The highest BCUT2D eigenvalue weighted by Crippen LogP contribution is 2.39. The predicted octanol–water partition coefficient (Wildman–Crippen LogP) is 6.25. The lowest BCUT2D eigenvalue weighted by Gasteiger charge is -2.29. The summed E-state index contributed by atoms with van der Waals surface area (Å²) in [5.41, 5.74) is -1.33. The van der Waals surface area contributed by atoms with E-state index in [1.807, 2.05) is 6.92 Å². The van der Waals surface area contributed by atoms with Crippen LogP contribution in [0.15, 0.2) is 36.4 Å². The number of hydrogen-bond donors (Lipinski definition) is 0. The Kier molecular flexibility index (Phi) is 8.82. The summed E-state index contributed by atoms with van der Waals surface area (Å²) in [5.74, 6) is 0.351. The van der Waals surface area contributed by atoms with Crippen LogP contribution >= 0.6 is 12.2 Å². The van der Waals surface area contributed by atoms with Gasteiger partial charge in [0.2, 0.25) is 5.88 Å². The van der Waals surface area contributed by atoms with Gasteiger partial charge in [-0.15, -0.1) is 0 Å². The molecule has 1 saturated heterocycles. The van der Waals surface area contributed by atoms with Gasteiger partial charge in [-0.25, -0.2) is 18.6 Å². The Morgan fingerprint density at radius 2 is 1.81 bits per heavy atom. The van der Waals surface area contributed by atoms with Crippen molar-refractivity contribution in [2.45, 2.75) is 65.5 Å². The first kappa shape index (κ1) is 31.5. The van der Waals surface area contributed by atoms with Crippen LogP contribution in [0.3, 0.4) is 0 Å². The number of aromatic nitrogens is 2. The number of fused-ring (bicyclic) bond motifs is 1. The molecule has 0 atom stereocenters. The van der Waals surface area contributed by atoms with E-state index in [-0.39, 0.29) is 35.5 Å². The zero-order chi connectivity index (χ0) is 31.7. The van der Waals surface area contributed by atoms with E-state index >= 15 is 0 Å². The van der Waals surface area contributed by atoms with E-state index in [0.717, 1.165) is 6.07 Å². The molecule has 3 aromatic rings. The molecule has 4 rings (SSSR count). The van der Waals surface area contributed by atoms with Crippen LogP contribution in [-0.4, -0.2) is 51.5 Å². The molecule has 0 radical (unpaired) electrons. The summed E-state index contributed by atoms with van der Waals surface area (Å²) in [5, 5.41) is 9.82. The van der Waals surface area contributed by atoms with Crippen molar-refractivity contribution in [1.29, 1.82) is 5.26 Å². The first-order chi connectivity index (χ1) is 20.2. The van der Waals surface area contributed by atoms with Crippen LogP contribution < -0.4 is 14.5 Å². The van der Waals surface area contributed by atoms with Crippen LogP contribution in [0.1, 0.15) is 64.9 Å². The number of nitrogens with zero attached hydrogens (tertiary/aromatic N) is 5. The van der Waals surface area contributed by atoms with Crippen molar-refractivity contribution in [1.82, 2.24) is 9.97 Å². The average molecular weight is 612 g/mol. The molecule has 1 aliphatic heterocycles. The first-order valence-electron chi connectivity index (χ1n) is 13.5. The summed E-state index contributed by atoms with van der Waals surface area (Å²) < 4.78 is 43.5. The van der Waals surface area contributed by atoms with E-state index in [1.54, 1.807) is 63.8 Å². The SMILES string of the molecule is CCc1nc(OCCOC(=O)OC(C)(C)C)c2cc(N3C(=S)N(c4ccc(C#N)c(C(F)F)c4)C(=O)C3(C)C)ccc2n1. The van der Waals surface area contributed by atoms with Gasteiger partial charge >= 0.3 is 6.16 Å². The van der Waals surface area contributed by atoms with Gasteiger partial charge in [0.05, 0.1) is 28.2 Å². The van der Waals surface area contributed by atoms with Gasteiger partial charge in [-0.2, -0.15) is 10.2 Å². The highest BCUT2D eigenvalue weighted by molar-refractivity contribution is 7.81. The van der Waals surface area contributed by atoms with Gasteiger partial charge < -0.3 is 19.1 Å². The summed E-state index contributed by atoms with van der Waals surface area (Å²) in [6.07, 6.45) is -3.19. The number of halogens is 2. The molecule has 43 heavy (non-hydrogen) atoms. The number of carbonyl (C=O) groups is 2. The summed E-state index contributed by atoms with van der Waals surface area (Å²) in [6.45, 7) is 10.3. The maximum absolute atomic E-state index is 13.7. The maximum Gasteiger partial charge on any atom is 0.508 e. The van der Waals surface area contributed by atoms with Gasteiger partial charge in [0, 0.05) is 17.7 Å². The molecule has 0 N–H and O–H groups in total. The highest BCUT2D eigenvalue weighted by atomic mass is 32.1. The minimum Gasteiger partial charge on any atom is -0.474 e. The van der Waals surface area contributed by atoms with Gasteiger partial charge in [-0.05, 0) is 83.2 Å². The molecule has 0 spiro atoms. The summed E-state index contributed by atoms with van der Waals surface area (Å²) >= 11 is 5.72. The van der Waals surface area contributed by atoms with Gasteiger partial charge in [-0.3, -0.25) is 9.69 Å². The summed E-state index contributed by atoms with van der Waals surface area (Å²) in [4.78, 5) is 37.4. The molecule has 226 valence electrons. The van der Waals surface area contributed by atoms with Crippen molar-refractivity contribution in [3.63, 3.8) is 0 Å². The van der Waals surface area contributed by atoms with E-state index in [0.29, 0.717) is 28.8 Å². The Hall–Kier alpha value is -4.44. The minimum absolute atomic E-state index is 0.0101. The van der Waals surface area contributed by atoms with Crippen molar-refractivity contribution in [3.05, 3.63) is 53.3 Å². The lowest BCUT2D eigenvalue weighted by molar-refractivity contribution is -0.120. The summed E-state index contributed by atoms with van der Waals surface area (Å²) in [6, 6.07) is 10.7. The number of nitriles is 1. The molecular weight excluding hydrogens is 580 g/mol. The molecule has 13 heteroatoms. The van der Waals surface area contributed by atoms with Crippen molar-refractivity contribution >= 4 is 51.7 Å². The van der Waals surface area contributed by atoms with Crippen LogP contribution in [0.5, 0.6) is 5.88 Å². The molecule has 1 amide bonds. The van der Waals surface area contributed by atoms with E-state index in [1.165, 1.54) is 17.0 Å². The first-order valence-corrected chi connectivity index (χ1v) is 13.9. The Morgan fingerprint density at radius 1 is 1.12 bits per heavy atom. The molecule has 10 nitrogen and oxygen atoms in total. The summed E-state index contributed by atoms with van der Waals surface area (Å²) in [7, 11) is 0. The maximum atomic E-state index is 13.7. The van der Waals surface area contributed by atoms with Crippen molar-refractivity contribution in [2.75, 3.05) is 23.0 Å². The van der Waals surface area contributed by atoms with E-state index in [2.05, 4.69) is 9.97 Å². The standard InChI is InChI=1S/C30H31F2N5O5S/c1-7-23-34-22-11-10-19(15-21(22)25(35-23)40-12-13-41-28(39)42-29(2,3)4)37-27(43)36(26(38)30(37,5)6)18-9-8-17(16-33)20(14-18)24(31)32/h8-11,14-15,24H,7,12-13H2,1-6H3. The number of rotatable bonds is 8. The van der Waals surface area contributed by atoms with Crippen LogP contribution in [-0.2, 0) is 20.7 Å². The smallest absolute Gasteiger partial charge is 0.474 e. The van der Waals surface area contributed by atoms with E-state index < -0.39 is 35.2 Å². The number of ether oxygens (including phenoxy) is 3. The molecule has 2 heterocycles. The number of thiocarbonyl (C=S) groups is 1. The highest BCUT2D eigenvalue weighted by Gasteiger charge is 2.50. The normalized spacial score (nSPS) is 14.8. The number of anilines is 2. The molecule has 2 aromatic carbocycles. The number of amides is 1. The number of alkyl halides is 2.